The molecule has 0 spiro atoms. The molecule has 9 nitrogen and oxygen atoms in total. The van der Waals surface area contributed by atoms with E-state index >= 15 is 0 Å². The summed E-state index contributed by atoms with van der Waals surface area (Å²) in [5.41, 5.74) is -8.23. The third-order valence-electron chi connectivity index (χ3n) is 4.39. The summed E-state index contributed by atoms with van der Waals surface area (Å²) in [5.74, 6) is -0.741. The van der Waals surface area contributed by atoms with Gasteiger partial charge in [-0.3, -0.25) is 0 Å². The Kier molecular flexibility index (Phi) is 10.8. The lowest BCUT2D eigenvalue weighted by Crippen LogP contribution is -2.33. The third kappa shape index (κ3) is 7.49. The predicted octanol–water partition coefficient (Wildman–Crippen LogP) is 5.28. The van der Waals surface area contributed by atoms with Crippen molar-refractivity contribution in [3.8, 4) is 23.9 Å². The molecular weight excluding hydrogens is 589 g/mol. The minimum absolute atomic E-state index is 0.121. The number of ether oxygens (including phenoxy) is 2. The maximum atomic E-state index is 13.6. The van der Waals surface area contributed by atoms with E-state index in [1.807, 2.05) is 0 Å². The highest BCUT2D eigenvalue weighted by Crippen LogP contribution is 2.42. The number of nitriles is 3. The van der Waals surface area contributed by atoms with Gasteiger partial charge >= 0.3 is 11.7 Å². The molecule has 0 saturated heterocycles. The van der Waals surface area contributed by atoms with E-state index in [-0.39, 0.29) is 26.1 Å². The number of hydrogen-bond acceptors (Lipinski definition) is 8. The number of nitrogens with zero attached hydrogens (tertiary/aromatic N) is 6. The van der Waals surface area contributed by atoms with Gasteiger partial charge in [0.1, 0.15) is 30.1 Å². The van der Waals surface area contributed by atoms with Crippen LogP contribution in [0.15, 0.2) is 17.0 Å². The van der Waals surface area contributed by atoms with Gasteiger partial charge < -0.3 is 14.4 Å². The van der Waals surface area contributed by atoms with Gasteiger partial charge in [-0.05, 0) is 12.1 Å². The average Bonchev–Trinajstić information content (AvgIpc) is 3.19. The van der Waals surface area contributed by atoms with Gasteiger partial charge in [0, 0.05) is 0 Å². The first-order valence-electron chi connectivity index (χ1n) is 10.0. The van der Waals surface area contributed by atoms with Crippen molar-refractivity contribution in [2.75, 3.05) is 31.6 Å². The van der Waals surface area contributed by atoms with Crippen molar-refractivity contribution >= 4 is 39.8 Å². The van der Waals surface area contributed by atoms with Crippen LogP contribution in [0.2, 0.25) is 10.0 Å². The molecule has 1 heterocycles. The molecule has 0 bridgehead atoms. The lowest BCUT2D eigenvalue weighted by molar-refractivity contribution is -0.137. The summed E-state index contributed by atoms with van der Waals surface area (Å²) in [6.45, 7) is -1.65. The van der Waals surface area contributed by atoms with Gasteiger partial charge in [0.2, 0.25) is 0 Å². The SMILES string of the molecule is N#CCCOCN(COCCC#N)c1c(S(=O)C(F)(F)F)c(C#N)nn1-c1c(Cl)cc(C(F)(F)F)cc1Cl. The van der Waals surface area contributed by atoms with Gasteiger partial charge in [-0.2, -0.15) is 47.2 Å². The summed E-state index contributed by atoms with van der Waals surface area (Å²) in [4.78, 5) is -0.286. The summed E-state index contributed by atoms with van der Waals surface area (Å²) < 4.78 is 104. The summed E-state index contributed by atoms with van der Waals surface area (Å²) in [6, 6.07) is 5.82. The zero-order chi connectivity index (χ0) is 28.7. The fourth-order valence-corrected chi connectivity index (χ4v) is 4.39. The minimum Gasteiger partial charge on any atom is -0.360 e. The van der Waals surface area contributed by atoms with E-state index < -0.39 is 73.6 Å². The van der Waals surface area contributed by atoms with Crippen LogP contribution in [0.3, 0.4) is 0 Å². The monoisotopic (exact) mass is 602 g/mol. The van der Waals surface area contributed by atoms with E-state index in [9.17, 15) is 35.8 Å². The number of halogens is 8. The molecule has 0 aliphatic heterocycles. The number of alkyl halides is 6. The van der Waals surface area contributed by atoms with Crippen LogP contribution >= 0.6 is 23.2 Å². The molecule has 204 valence electrons. The number of benzene rings is 1. The molecule has 18 heteroatoms. The van der Waals surface area contributed by atoms with E-state index in [2.05, 4.69) is 5.10 Å². The minimum atomic E-state index is -5.39. The second kappa shape index (κ2) is 13.1. The molecule has 2 rings (SSSR count). The molecule has 0 radical (unpaired) electrons. The van der Waals surface area contributed by atoms with E-state index in [1.54, 1.807) is 12.1 Å². The molecule has 1 atom stereocenters. The molecule has 1 aromatic carbocycles. The molecule has 0 fully saturated rings. The molecule has 0 aliphatic carbocycles. The molecule has 1 aromatic heterocycles. The highest BCUT2D eigenvalue weighted by atomic mass is 35.5. The van der Waals surface area contributed by atoms with Gasteiger partial charge in [-0.15, -0.1) is 0 Å². The molecule has 0 saturated carbocycles. The summed E-state index contributed by atoms with van der Waals surface area (Å²) in [6.07, 6.45) is -5.12. The standard InChI is InChI=1S/C20H14Cl2F6N6O3S/c21-13-7-12(19(23,24)25)8-14(22)16(13)34-18(17(15(9-31)32-34)38(35)20(26,27)28)33(10-36-5-1-3-29)11-37-6-2-4-30/h7-8H,1-2,5-6,10-11H2. The van der Waals surface area contributed by atoms with Crippen molar-refractivity contribution < 1.29 is 40.0 Å². The molecule has 0 amide bonds. The lowest BCUT2D eigenvalue weighted by Gasteiger charge is -2.26. The Hall–Kier alpha value is -3.07. The average molecular weight is 603 g/mol. The Bertz CT molecular complexity index is 1270. The lowest BCUT2D eigenvalue weighted by atomic mass is 10.2. The Morgan fingerprint density at radius 2 is 1.47 bits per heavy atom. The van der Waals surface area contributed by atoms with E-state index in [0.29, 0.717) is 16.8 Å². The van der Waals surface area contributed by atoms with Crippen LogP contribution in [-0.2, 0) is 26.4 Å². The highest BCUT2D eigenvalue weighted by molar-refractivity contribution is 7.86. The van der Waals surface area contributed by atoms with Crippen molar-refractivity contribution in [3.05, 3.63) is 33.4 Å². The zero-order valence-corrected chi connectivity index (χ0v) is 21.1. The normalized spacial score (nSPS) is 12.4. The first kappa shape index (κ1) is 31.1. The van der Waals surface area contributed by atoms with Crippen LogP contribution < -0.4 is 4.90 Å². The molecular formula is C20H14Cl2F6N6O3S. The van der Waals surface area contributed by atoms with Crippen LogP contribution in [0.1, 0.15) is 24.1 Å². The number of rotatable bonds is 11. The maximum Gasteiger partial charge on any atom is 0.476 e. The van der Waals surface area contributed by atoms with Gasteiger partial charge in [0.05, 0.1) is 53.8 Å². The van der Waals surface area contributed by atoms with Crippen molar-refractivity contribution in [3.63, 3.8) is 0 Å². The molecule has 0 aliphatic rings. The Balaban J connectivity index is 2.84. The van der Waals surface area contributed by atoms with Crippen LogP contribution in [0.5, 0.6) is 0 Å². The first-order chi connectivity index (χ1) is 17.8. The first-order valence-corrected chi connectivity index (χ1v) is 11.9. The highest BCUT2D eigenvalue weighted by Gasteiger charge is 2.44. The molecule has 38 heavy (non-hydrogen) atoms. The molecule has 0 N–H and O–H groups in total. The van der Waals surface area contributed by atoms with Gasteiger partial charge in [0.15, 0.2) is 22.3 Å². The third-order valence-corrected chi connectivity index (χ3v) is 6.13. The zero-order valence-electron chi connectivity index (χ0n) is 18.7. The van der Waals surface area contributed by atoms with Gasteiger partial charge in [-0.1, -0.05) is 23.2 Å². The number of hydrogen-bond donors (Lipinski definition) is 0. The van der Waals surface area contributed by atoms with E-state index in [4.69, 9.17) is 43.2 Å². The molecule has 1 unspecified atom stereocenters. The van der Waals surface area contributed by atoms with Crippen molar-refractivity contribution in [2.24, 2.45) is 0 Å². The fourth-order valence-electron chi connectivity index (χ4n) is 2.86. The fraction of sp³-hybridized carbons (Fsp3) is 0.400. The molecule has 2 aromatic rings. The largest absolute Gasteiger partial charge is 0.476 e. The Labute approximate surface area is 223 Å². The number of anilines is 1. The van der Waals surface area contributed by atoms with Crippen LogP contribution in [-0.4, -0.2) is 46.2 Å². The smallest absolute Gasteiger partial charge is 0.360 e. The van der Waals surface area contributed by atoms with Gasteiger partial charge in [-0.25, -0.2) is 8.89 Å². The van der Waals surface area contributed by atoms with Gasteiger partial charge in [0.25, 0.3) is 0 Å². The van der Waals surface area contributed by atoms with Crippen molar-refractivity contribution in [1.82, 2.24) is 9.78 Å². The summed E-state index contributed by atoms with van der Waals surface area (Å²) in [5, 5.41) is 29.2. The van der Waals surface area contributed by atoms with E-state index in [0.717, 1.165) is 4.90 Å². The van der Waals surface area contributed by atoms with Crippen LogP contribution in [0.4, 0.5) is 32.2 Å². The quantitative estimate of drug-likeness (QED) is 0.193. The van der Waals surface area contributed by atoms with Crippen molar-refractivity contribution in [2.45, 2.75) is 29.4 Å². The van der Waals surface area contributed by atoms with Crippen LogP contribution in [0, 0.1) is 34.0 Å². The summed E-state index contributed by atoms with van der Waals surface area (Å²) in [7, 11) is -3.88. The topological polar surface area (TPSA) is 128 Å². The van der Waals surface area contributed by atoms with Crippen LogP contribution in [0.25, 0.3) is 5.69 Å². The second-order valence-electron chi connectivity index (χ2n) is 6.96. The predicted molar refractivity (Wildman–Crippen MR) is 120 cm³/mol. The van der Waals surface area contributed by atoms with Crippen molar-refractivity contribution in [1.29, 1.82) is 15.8 Å². The Morgan fingerprint density at radius 1 is 0.974 bits per heavy atom. The maximum absolute atomic E-state index is 13.6. The number of aromatic nitrogens is 2. The second-order valence-corrected chi connectivity index (χ2v) is 9.18. The summed E-state index contributed by atoms with van der Waals surface area (Å²) >= 11 is 12.1. The Morgan fingerprint density at radius 3 is 1.87 bits per heavy atom. The van der Waals surface area contributed by atoms with E-state index in [1.165, 1.54) is 6.07 Å².